The molecule has 0 radical (unpaired) electrons. The fourth-order valence-corrected chi connectivity index (χ4v) is 2.41. The normalized spacial score (nSPS) is 13.9. The van der Waals surface area contributed by atoms with Gasteiger partial charge in [-0.1, -0.05) is 37.5 Å². The number of halogens is 1. The molecule has 1 aromatic rings. The quantitative estimate of drug-likeness (QED) is 0.530. The molecule has 0 aliphatic heterocycles. The van der Waals surface area contributed by atoms with Gasteiger partial charge in [-0.3, -0.25) is 0 Å². The molecule has 0 nitrogen and oxygen atoms in total. The van der Waals surface area contributed by atoms with E-state index in [1.165, 1.54) is 17.5 Å². The van der Waals surface area contributed by atoms with Crippen LogP contribution < -0.4 is 0 Å². The summed E-state index contributed by atoms with van der Waals surface area (Å²) in [4.78, 5) is 0. The predicted octanol–water partition coefficient (Wildman–Crippen LogP) is 4.42. The molecule has 82 valence electrons. The van der Waals surface area contributed by atoms with Crippen LogP contribution in [0.3, 0.4) is 0 Å². The van der Waals surface area contributed by atoms with E-state index in [-0.39, 0.29) is 0 Å². The van der Waals surface area contributed by atoms with Gasteiger partial charge in [0.1, 0.15) is 0 Å². The minimum atomic E-state index is 0.668. The van der Waals surface area contributed by atoms with Crippen molar-refractivity contribution in [2.24, 2.45) is 5.92 Å². The second kappa shape index (κ2) is 5.05. The summed E-state index contributed by atoms with van der Waals surface area (Å²) in [5, 5.41) is 0. The summed E-state index contributed by atoms with van der Waals surface area (Å²) in [6.45, 7) is 4.54. The molecule has 0 fully saturated rings. The number of rotatable bonds is 1. The summed E-state index contributed by atoms with van der Waals surface area (Å²) in [7, 11) is 0. The number of hydrogen-bond donors (Lipinski definition) is 0. The molecule has 0 aromatic heterocycles. The van der Waals surface area contributed by atoms with Crippen molar-refractivity contribution in [3.63, 3.8) is 0 Å². The Labute approximate surface area is 111 Å². The van der Waals surface area contributed by atoms with Crippen LogP contribution in [0.2, 0.25) is 0 Å². The van der Waals surface area contributed by atoms with E-state index in [0.29, 0.717) is 5.92 Å². The molecule has 0 saturated heterocycles. The first-order valence-corrected chi connectivity index (χ1v) is 6.73. The van der Waals surface area contributed by atoms with Crippen molar-refractivity contribution in [3.05, 3.63) is 40.5 Å². The van der Waals surface area contributed by atoms with Gasteiger partial charge >= 0.3 is 0 Å². The average molecular weight is 322 g/mol. The van der Waals surface area contributed by atoms with E-state index < -0.39 is 0 Å². The number of benzene rings is 1. The molecule has 0 heterocycles. The summed E-state index contributed by atoms with van der Waals surface area (Å²) in [5.41, 5.74) is 5.53. The molecule has 1 aliphatic rings. The van der Waals surface area contributed by atoms with Gasteiger partial charge in [0, 0.05) is 28.2 Å². The maximum atomic E-state index is 3.11. The Morgan fingerprint density at radius 1 is 1.25 bits per heavy atom. The lowest BCUT2D eigenvalue weighted by atomic mass is 9.86. The first-order chi connectivity index (χ1) is 7.70. The van der Waals surface area contributed by atoms with E-state index in [1.54, 1.807) is 5.57 Å². The lowest BCUT2D eigenvalue weighted by Gasteiger charge is -2.19. The molecule has 0 spiro atoms. The van der Waals surface area contributed by atoms with Crippen molar-refractivity contribution < 1.29 is 0 Å². The second-order valence-electron chi connectivity index (χ2n) is 4.51. The number of hydrogen-bond acceptors (Lipinski definition) is 0. The zero-order valence-electron chi connectivity index (χ0n) is 9.68. The highest BCUT2D eigenvalue weighted by molar-refractivity contribution is 14.1. The van der Waals surface area contributed by atoms with Gasteiger partial charge in [-0.05, 0) is 45.9 Å². The number of allylic oxidation sites excluding steroid dienone is 1. The molecule has 0 saturated carbocycles. The van der Waals surface area contributed by atoms with Gasteiger partial charge in [0.2, 0.25) is 0 Å². The Hall–Kier alpha value is -0.750. The van der Waals surface area contributed by atoms with Crippen molar-refractivity contribution in [3.8, 4) is 9.85 Å². The summed E-state index contributed by atoms with van der Waals surface area (Å²) in [6.07, 6.45) is 4.71. The van der Waals surface area contributed by atoms with E-state index in [9.17, 15) is 0 Å². The fraction of sp³-hybridized carbons (Fsp3) is 0.333. The van der Waals surface area contributed by atoms with E-state index >= 15 is 0 Å². The van der Waals surface area contributed by atoms with Gasteiger partial charge in [-0.25, -0.2) is 0 Å². The average Bonchev–Trinajstić information content (AvgIpc) is 2.28. The smallest absolute Gasteiger partial charge is 0.0256 e. The summed E-state index contributed by atoms with van der Waals surface area (Å²) in [6, 6.07) is 6.55. The maximum absolute atomic E-state index is 3.11. The lowest BCUT2D eigenvalue weighted by molar-refractivity contribution is 0.709. The molecule has 2 rings (SSSR count). The molecule has 0 amide bonds. The monoisotopic (exact) mass is 322 g/mol. The molecule has 0 bridgehead atoms. The third kappa shape index (κ3) is 2.49. The minimum absolute atomic E-state index is 0.668. The van der Waals surface area contributed by atoms with E-state index in [4.69, 9.17) is 0 Å². The standard InChI is InChI=1S/C15H15I/c1-11(2)13-5-6-14-9-12(7-8-16)3-4-15(14)10-13/h3-4,9-11H,5-6H2,1-2H3. The third-order valence-corrected chi connectivity index (χ3v) is 3.37. The molecule has 0 N–H and O–H groups in total. The largest absolute Gasteiger partial charge is 0.0667 e. The van der Waals surface area contributed by atoms with Gasteiger partial charge in [-0.2, -0.15) is 0 Å². The highest BCUT2D eigenvalue weighted by Crippen LogP contribution is 2.28. The van der Waals surface area contributed by atoms with Crippen LogP contribution in [0.1, 0.15) is 37.0 Å². The fourth-order valence-electron chi connectivity index (χ4n) is 2.10. The van der Waals surface area contributed by atoms with Gasteiger partial charge < -0.3 is 0 Å². The molecular weight excluding hydrogens is 307 g/mol. The Morgan fingerprint density at radius 2 is 2.06 bits per heavy atom. The second-order valence-corrected chi connectivity index (χ2v) is 5.05. The van der Waals surface area contributed by atoms with Crippen LogP contribution in [0.4, 0.5) is 0 Å². The van der Waals surface area contributed by atoms with Crippen LogP contribution in [-0.4, -0.2) is 0 Å². The Kier molecular flexibility index (Phi) is 3.70. The number of aryl methyl sites for hydroxylation is 1. The molecule has 0 unspecified atom stereocenters. The van der Waals surface area contributed by atoms with Crippen molar-refractivity contribution in [1.29, 1.82) is 0 Å². The summed E-state index contributed by atoms with van der Waals surface area (Å²) >= 11 is 2.09. The van der Waals surface area contributed by atoms with Gasteiger partial charge in [0.25, 0.3) is 0 Å². The third-order valence-electron chi connectivity index (χ3n) is 3.10. The first kappa shape index (κ1) is 11.7. The highest BCUT2D eigenvalue weighted by atomic mass is 127. The zero-order valence-corrected chi connectivity index (χ0v) is 11.8. The number of fused-ring (bicyclic) bond motifs is 1. The van der Waals surface area contributed by atoms with E-state index in [2.05, 4.69) is 70.6 Å². The molecular formula is C15H15I. The van der Waals surface area contributed by atoms with Crippen LogP contribution >= 0.6 is 22.6 Å². The van der Waals surface area contributed by atoms with Crippen molar-refractivity contribution in [2.75, 3.05) is 0 Å². The minimum Gasteiger partial charge on any atom is -0.0667 e. The van der Waals surface area contributed by atoms with Crippen LogP contribution in [0.15, 0.2) is 23.8 Å². The SMILES string of the molecule is CC(C)C1=Cc2ccc(C#CI)cc2CC1. The molecule has 0 atom stereocenters. The van der Waals surface area contributed by atoms with Gasteiger partial charge in [0.05, 0.1) is 0 Å². The molecule has 1 aromatic carbocycles. The van der Waals surface area contributed by atoms with Crippen LogP contribution in [0.5, 0.6) is 0 Å². The van der Waals surface area contributed by atoms with Gasteiger partial charge in [-0.15, -0.1) is 0 Å². The lowest BCUT2D eigenvalue weighted by Crippen LogP contribution is -2.04. The Bertz CT molecular complexity index is 484. The van der Waals surface area contributed by atoms with E-state index in [0.717, 1.165) is 12.0 Å². The Morgan fingerprint density at radius 3 is 2.75 bits per heavy atom. The van der Waals surface area contributed by atoms with Crippen molar-refractivity contribution in [1.82, 2.24) is 0 Å². The molecule has 1 heteroatoms. The molecule has 1 aliphatic carbocycles. The van der Waals surface area contributed by atoms with E-state index in [1.807, 2.05) is 0 Å². The van der Waals surface area contributed by atoms with Crippen molar-refractivity contribution in [2.45, 2.75) is 26.7 Å². The molecule has 16 heavy (non-hydrogen) atoms. The maximum Gasteiger partial charge on any atom is 0.0256 e. The zero-order chi connectivity index (χ0) is 11.5. The summed E-state index contributed by atoms with van der Waals surface area (Å²) < 4.78 is 2.92. The van der Waals surface area contributed by atoms with Crippen LogP contribution in [-0.2, 0) is 6.42 Å². The highest BCUT2D eigenvalue weighted by Gasteiger charge is 2.12. The summed E-state index contributed by atoms with van der Waals surface area (Å²) in [5.74, 6) is 3.78. The Balaban J connectivity index is 2.38. The van der Waals surface area contributed by atoms with Crippen LogP contribution in [0.25, 0.3) is 6.08 Å². The predicted molar refractivity (Wildman–Crippen MR) is 78.5 cm³/mol. The van der Waals surface area contributed by atoms with Crippen molar-refractivity contribution >= 4 is 28.7 Å². The van der Waals surface area contributed by atoms with Gasteiger partial charge in [0.15, 0.2) is 0 Å². The van der Waals surface area contributed by atoms with Crippen LogP contribution in [0, 0.1) is 15.8 Å². The first-order valence-electron chi connectivity index (χ1n) is 5.65. The topological polar surface area (TPSA) is 0 Å².